The maximum Gasteiger partial charge on any atom is 0.416 e. The molecule has 0 bridgehead atoms. The highest BCUT2D eigenvalue weighted by molar-refractivity contribution is 6.22. The van der Waals surface area contributed by atoms with Gasteiger partial charge in [0.05, 0.1) is 29.4 Å². The van der Waals surface area contributed by atoms with E-state index in [1.165, 1.54) is 18.2 Å². The molecule has 17 heteroatoms. The molecule has 0 saturated carbocycles. The first-order valence-electron chi connectivity index (χ1n) is 18.3. The molecule has 5 heterocycles. The summed E-state index contributed by atoms with van der Waals surface area (Å²) in [5.41, 5.74) is 3.09. The molecule has 2 saturated heterocycles. The Labute approximate surface area is 329 Å². The van der Waals surface area contributed by atoms with Crippen LogP contribution in [0, 0.1) is 18.8 Å². The molecule has 2 N–H and O–H groups in total. The Balaban J connectivity index is 0.891. The van der Waals surface area contributed by atoms with E-state index in [-0.39, 0.29) is 47.5 Å². The molecule has 14 nitrogen and oxygen atoms in total. The molecule has 3 aliphatic heterocycles. The number of fused-ring (bicyclic) bond motifs is 2. The van der Waals surface area contributed by atoms with Crippen LogP contribution < -0.4 is 10.6 Å². The number of urea groups is 1. The third-order valence-corrected chi connectivity index (χ3v) is 10.2. The number of hydrogen-bond donors (Lipinski definition) is 2. The minimum atomic E-state index is -4.67. The van der Waals surface area contributed by atoms with Gasteiger partial charge in [-0.3, -0.25) is 34.3 Å². The van der Waals surface area contributed by atoms with Crippen LogP contribution in [0.4, 0.5) is 23.7 Å². The lowest BCUT2D eigenvalue weighted by Crippen LogP contribution is -2.58. The van der Waals surface area contributed by atoms with Crippen molar-refractivity contribution in [3.8, 4) is 11.8 Å². The highest BCUT2D eigenvalue weighted by Gasteiger charge is 2.43. The lowest BCUT2D eigenvalue weighted by molar-refractivity contribution is -0.138. The first-order chi connectivity index (χ1) is 27.8. The molecule has 0 aliphatic carbocycles. The predicted octanol–water partition coefficient (Wildman–Crippen LogP) is 4.48. The monoisotopic (exact) mass is 789 g/mol. The SMILES string of the molecule is Cc1ccc(C(=O)Nc2ccc(CN3CCN(Cc4ccc5c(c4)C(=O)N(N4CCC(=O)NC4=O)C5=O)CC3)c(C(F)(F)F)c2)cc1C#Cc1cnc2cccnn12. The Hall–Kier alpha value is -6.90. The Morgan fingerprint density at radius 3 is 2.38 bits per heavy atom. The van der Waals surface area contributed by atoms with E-state index in [0.717, 1.165) is 27.2 Å². The number of benzene rings is 3. The number of aryl methyl sites for hydroxylation is 1. The van der Waals surface area contributed by atoms with Crippen molar-refractivity contribution in [3.05, 3.63) is 129 Å². The fourth-order valence-corrected chi connectivity index (χ4v) is 7.15. The Kier molecular flexibility index (Phi) is 9.97. The van der Waals surface area contributed by atoms with Crippen LogP contribution in [0.5, 0.6) is 0 Å². The van der Waals surface area contributed by atoms with Crippen molar-refractivity contribution in [1.82, 2.24) is 39.7 Å². The Bertz CT molecular complexity index is 2590. The average Bonchev–Trinajstić information content (AvgIpc) is 3.72. The molecule has 8 rings (SSSR count). The van der Waals surface area contributed by atoms with Gasteiger partial charge in [0, 0.05) is 68.7 Å². The van der Waals surface area contributed by atoms with Gasteiger partial charge < -0.3 is 5.32 Å². The number of carbonyl (C=O) groups is 5. The first kappa shape index (κ1) is 38.0. The van der Waals surface area contributed by atoms with E-state index in [2.05, 4.69) is 37.5 Å². The predicted molar refractivity (Wildman–Crippen MR) is 202 cm³/mol. The van der Waals surface area contributed by atoms with Crippen LogP contribution in [0.15, 0.2) is 79.1 Å². The van der Waals surface area contributed by atoms with Crippen LogP contribution >= 0.6 is 0 Å². The number of nitrogens with one attached hydrogen (secondary N) is 2. The fraction of sp³-hybridized carbons (Fsp3) is 0.244. The number of alkyl halides is 3. The van der Waals surface area contributed by atoms with Crippen molar-refractivity contribution < 1.29 is 37.1 Å². The van der Waals surface area contributed by atoms with Crippen LogP contribution in [-0.2, 0) is 24.1 Å². The van der Waals surface area contributed by atoms with E-state index in [9.17, 15) is 37.1 Å². The molecule has 3 aromatic carbocycles. The van der Waals surface area contributed by atoms with Crippen molar-refractivity contribution in [2.75, 3.05) is 38.0 Å². The highest BCUT2D eigenvalue weighted by Crippen LogP contribution is 2.35. The number of hydrogen-bond acceptors (Lipinski definition) is 9. The second-order valence-electron chi connectivity index (χ2n) is 14.1. The molecule has 2 aromatic heterocycles. The molecule has 5 aromatic rings. The number of anilines is 1. The van der Waals surface area contributed by atoms with Gasteiger partial charge in [0.1, 0.15) is 5.69 Å². The maximum absolute atomic E-state index is 14.4. The van der Waals surface area contributed by atoms with Gasteiger partial charge in [-0.1, -0.05) is 24.1 Å². The summed E-state index contributed by atoms with van der Waals surface area (Å²) in [5, 5.41) is 10.7. The van der Waals surface area contributed by atoms with Crippen molar-refractivity contribution in [2.24, 2.45) is 0 Å². The van der Waals surface area contributed by atoms with Gasteiger partial charge in [-0.05, 0) is 78.1 Å². The van der Waals surface area contributed by atoms with E-state index in [1.54, 1.807) is 59.4 Å². The molecule has 3 aliphatic rings. The maximum atomic E-state index is 14.4. The van der Waals surface area contributed by atoms with Gasteiger partial charge in [0.25, 0.3) is 17.7 Å². The van der Waals surface area contributed by atoms with E-state index in [4.69, 9.17) is 0 Å². The average molecular weight is 790 g/mol. The van der Waals surface area contributed by atoms with Crippen LogP contribution in [0.1, 0.15) is 71.0 Å². The number of carbonyl (C=O) groups excluding carboxylic acids is 5. The lowest BCUT2D eigenvalue weighted by Gasteiger charge is -2.35. The molecule has 58 heavy (non-hydrogen) atoms. The fourth-order valence-electron chi connectivity index (χ4n) is 7.15. The van der Waals surface area contributed by atoms with Crippen molar-refractivity contribution in [2.45, 2.75) is 32.6 Å². The Morgan fingerprint density at radius 2 is 1.62 bits per heavy atom. The molecular formula is C41H34F3N9O5. The molecule has 294 valence electrons. The molecule has 0 unspecified atom stereocenters. The quantitative estimate of drug-likeness (QED) is 0.180. The number of rotatable bonds is 7. The van der Waals surface area contributed by atoms with Crippen LogP contribution in [0.2, 0.25) is 0 Å². The summed E-state index contributed by atoms with van der Waals surface area (Å²) < 4.78 is 44.8. The normalized spacial score (nSPS) is 16.3. The summed E-state index contributed by atoms with van der Waals surface area (Å²) in [4.78, 5) is 71.7. The molecule has 2 fully saturated rings. The summed E-state index contributed by atoms with van der Waals surface area (Å²) in [6.45, 7) is 4.22. The van der Waals surface area contributed by atoms with Gasteiger partial charge in [-0.15, -0.1) is 0 Å². The largest absolute Gasteiger partial charge is 0.416 e. The molecule has 6 amide bonds. The van der Waals surface area contributed by atoms with Gasteiger partial charge in [0.15, 0.2) is 5.65 Å². The molecule has 0 radical (unpaired) electrons. The van der Waals surface area contributed by atoms with Gasteiger partial charge >= 0.3 is 12.2 Å². The zero-order valence-corrected chi connectivity index (χ0v) is 31.0. The van der Waals surface area contributed by atoms with Crippen LogP contribution in [0.25, 0.3) is 5.65 Å². The lowest BCUT2D eigenvalue weighted by atomic mass is 10.0. The van der Waals surface area contributed by atoms with Gasteiger partial charge in [-0.25, -0.2) is 19.3 Å². The highest BCUT2D eigenvalue weighted by atomic mass is 19.4. The summed E-state index contributed by atoms with van der Waals surface area (Å²) >= 11 is 0. The van der Waals surface area contributed by atoms with Crippen LogP contribution in [0.3, 0.4) is 0 Å². The number of aromatic nitrogens is 3. The number of imidazole rings is 1. The number of amides is 6. The van der Waals surface area contributed by atoms with Gasteiger partial charge in [-0.2, -0.15) is 23.3 Å². The summed E-state index contributed by atoms with van der Waals surface area (Å²) in [7, 11) is 0. The summed E-state index contributed by atoms with van der Waals surface area (Å²) in [5.74, 6) is 3.69. The standard InChI is InChI=1S/C41H34F3N9O5/c1-25-4-6-28(20-27(25)8-10-31-22-45-35-3-2-13-46-52(31)35)37(55)47-30-9-7-29(34(21-30)41(42,43)44)24-50-17-15-49(16-18-50)23-26-5-11-32-33(19-26)39(57)53(38(32)56)51-14-12-36(54)48-40(51)58/h2-7,9,11,13,19-22H,12,14-18,23-24H2,1H3,(H,47,55)(H,48,54,58). The van der Waals surface area contributed by atoms with Crippen LogP contribution in [-0.4, -0.2) is 96.8 Å². The van der Waals surface area contributed by atoms with E-state index < -0.39 is 41.4 Å². The second-order valence-corrected chi connectivity index (χ2v) is 14.1. The number of piperazine rings is 1. The topological polar surface area (TPSA) is 153 Å². The second kappa shape index (κ2) is 15.2. The van der Waals surface area contributed by atoms with Crippen molar-refractivity contribution in [1.29, 1.82) is 0 Å². The van der Waals surface area contributed by atoms with Crippen molar-refractivity contribution >= 4 is 41.0 Å². The zero-order chi connectivity index (χ0) is 40.7. The molecular weight excluding hydrogens is 756 g/mol. The third-order valence-electron chi connectivity index (χ3n) is 10.2. The molecule has 0 spiro atoms. The van der Waals surface area contributed by atoms with E-state index in [1.807, 2.05) is 11.8 Å². The number of hydrazine groups is 1. The number of nitrogens with zero attached hydrogens (tertiary/aromatic N) is 7. The smallest absolute Gasteiger partial charge is 0.322 e. The summed E-state index contributed by atoms with van der Waals surface area (Å²) in [6.07, 6.45) is -1.51. The molecule has 0 atom stereocenters. The zero-order valence-electron chi connectivity index (χ0n) is 31.0. The van der Waals surface area contributed by atoms with E-state index >= 15 is 0 Å². The Morgan fingerprint density at radius 1 is 0.862 bits per heavy atom. The van der Waals surface area contributed by atoms with E-state index in [0.29, 0.717) is 49.6 Å². The third kappa shape index (κ3) is 7.62. The number of halogens is 3. The first-order valence-corrected chi connectivity index (χ1v) is 18.3. The minimum Gasteiger partial charge on any atom is -0.322 e. The van der Waals surface area contributed by atoms with Crippen molar-refractivity contribution in [3.63, 3.8) is 0 Å². The minimum absolute atomic E-state index is 0.00264. The van der Waals surface area contributed by atoms with Gasteiger partial charge in [0.2, 0.25) is 5.91 Å². The number of imide groups is 2. The summed E-state index contributed by atoms with van der Waals surface area (Å²) in [6, 6.07) is 16.3.